The smallest absolute Gasteiger partial charge is 0.136 e. The molecule has 6 rings (SSSR count). The zero-order chi connectivity index (χ0) is 20.7. The molecule has 0 aromatic carbocycles. The molecule has 4 aliphatic rings. The molecule has 2 aromatic rings. The van der Waals surface area contributed by atoms with Crippen molar-refractivity contribution in [3.8, 4) is 0 Å². The van der Waals surface area contributed by atoms with Gasteiger partial charge in [-0.25, -0.2) is 4.98 Å². The number of aliphatic hydroxyl groups is 1. The summed E-state index contributed by atoms with van der Waals surface area (Å²) in [7, 11) is 0. The monoisotopic (exact) mass is 406 g/mol. The van der Waals surface area contributed by atoms with Crippen LogP contribution in [0.25, 0.3) is 5.65 Å². The van der Waals surface area contributed by atoms with Gasteiger partial charge in [0.05, 0.1) is 11.3 Å². The lowest BCUT2D eigenvalue weighted by Crippen LogP contribution is -2.55. The third-order valence-corrected chi connectivity index (χ3v) is 10.7. The topological polar surface area (TPSA) is 37.5 Å². The molecule has 162 valence electrons. The third-order valence-electron chi connectivity index (χ3n) is 10.7. The van der Waals surface area contributed by atoms with E-state index in [1.165, 1.54) is 50.6 Å². The highest BCUT2D eigenvalue weighted by atomic mass is 16.3. The van der Waals surface area contributed by atoms with Gasteiger partial charge in [0.1, 0.15) is 5.65 Å². The molecule has 3 unspecified atom stereocenters. The number of aromatic nitrogens is 2. The lowest BCUT2D eigenvalue weighted by atomic mass is 9.44. The zero-order valence-electron chi connectivity index (χ0n) is 19.0. The zero-order valence-corrected chi connectivity index (χ0v) is 19.0. The number of nitrogens with zero attached hydrogens (tertiary/aromatic N) is 2. The quantitative estimate of drug-likeness (QED) is 0.611. The fourth-order valence-corrected chi connectivity index (χ4v) is 9.04. The molecule has 4 fully saturated rings. The molecule has 0 radical (unpaired) electrons. The first-order chi connectivity index (χ1) is 14.3. The summed E-state index contributed by atoms with van der Waals surface area (Å²) in [4.78, 5) is 5.07. The van der Waals surface area contributed by atoms with Crippen molar-refractivity contribution in [3.63, 3.8) is 0 Å². The van der Waals surface area contributed by atoms with Gasteiger partial charge in [-0.3, -0.25) is 0 Å². The maximum atomic E-state index is 10.7. The second kappa shape index (κ2) is 6.34. The lowest BCUT2D eigenvalue weighted by Gasteiger charge is -2.61. The normalized spacial score (nSPS) is 48.2. The van der Waals surface area contributed by atoms with Crippen molar-refractivity contribution in [2.45, 2.75) is 90.1 Å². The lowest BCUT2D eigenvalue weighted by molar-refractivity contribution is -0.143. The van der Waals surface area contributed by atoms with Gasteiger partial charge in [-0.15, -0.1) is 0 Å². The number of hydrogen-bond acceptors (Lipinski definition) is 2. The largest absolute Gasteiger partial charge is 0.390 e. The van der Waals surface area contributed by atoms with Crippen molar-refractivity contribution >= 4 is 5.65 Å². The molecular formula is C27H38N2O. The van der Waals surface area contributed by atoms with E-state index in [9.17, 15) is 5.11 Å². The molecular weight excluding hydrogens is 368 g/mol. The molecule has 30 heavy (non-hydrogen) atoms. The maximum absolute atomic E-state index is 10.7. The Morgan fingerprint density at radius 3 is 2.60 bits per heavy atom. The highest BCUT2D eigenvalue weighted by molar-refractivity contribution is 5.40. The second-order valence-corrected chi connectivity index (χ2v) is 12.2. The van der Waals surface area contributed by atoms with E-state index in [4.69, 9.17) is 4.98 Å². The molecule has 0 saturated heterocycles. The SMILES string of the molecule is C[C@@]1(O)CC[C@]2(C)C3CC[C@@]4(C)C(CC[C@@H]4c4cn5ccccc5n4)C3CC[C@H]2C1. The van der Waals surface area contributed by atoms with E-state index in [0.29, 0.717) is 16.7 Å². The van der Waals surface area contributed by atoms with Crippen LogP contribution in [-0.4, -0.2) is 20.1 Å². The van der Waals surface area contributed by atoms with Gasteiger partial charge < -0.3 is 9.51 Å². The first-order valence-electron chi connectivity index (χ1n) is 12.5. The number of fused-ring (bicyclic) bond motifs is 6. The van der Waals surface area contributed by atoms with E-state index in [-0.39, 0.29) is 0 Å². The Labute approximate surface area is 181 Å². The first-order valence-corrected chi connectivity index (χ1v) is 12.5. The molecule has 0 aliphatic heterocycles. The molecule has 4 aliphatic carbocycles. The van der Waals surface area contributed by atoms with E-state index in [2.05, 4.69) is 55.8 Å². The Kier molecular flexibility index (Phi) is 4.09. The summed E-state index contributed by atoms with van der Waals surface area (Å²) in [5.41, 5.74) is 2.85. The predicted octanol–water partition coefficient (Wildman–Crippen LogP) is 6.21. The molecule has 2 heterocycles. The first kappa shape index (κ1) is 19.3. The van der Waals surface area contributed by atoms with E-state index < -0.39 is 5.60 Å². The van der Waals surface area contributed by atoms with Crippen molar-refractivity contribution < 1.29 is 5.11 Å². The molecule has 0 amide bonds. The van der Waals surface area contributed by atoms with Crippen LogP contribution >= 0.6 is 0 Å². The summed E-state index contributed by atoms with van der Waals surface area (Å²) in [5.74, 6) is 3.94. The van der Waals surface area contributed by atoms with Crippen LogP contribution in [0.5, 0.6) is 0 Å². The molecule has 1 N–H and O–H groups in total. The molecule has 2 aromatic heterocycles. The maximum Gasteiger partial charge on any atom is 0.136 e. The summed E-state index contributed by atoms with van der Waals surface area (Å²) < 4.78 is 2.21. The van der Waals surface area contributed by atoms with Crippen LogP contribution in [0.1, 0.15) is 90.2 Å². The fraction of sp³-hybridized carbons (Fsp3) is 0.741. The Morgan fingerprint density at radius 1 is 0.933 bits per heavy atom. The number of imidazole rings is 1. The van der Waals surface area contributed by atoms with Crippen molar-refractivity contribution in [1.29, 1.82) is 0 Å². The van der Waals surface area contributed by atoms with Crippen LogP contribution in [0.3, 0.4) is 0 Å². The van der Waals surface area contributed by atoms with Gasteiger partial charge >= 0.3 is 0 Å². The number of hydrogen-bond donors (Lipinski definition) is 1. The van der Waals surface area contributed by atoms with E-state index in [1.807, 2.05) is 0 Å². The summed E-state index contributed by atoms with van der Waals surface area (Å²) >= 11 is 0. The van der Waals surface area contributed by atoms with Crippen LogP contribution in [0.15, 0.2) is 30.6 Å². The Hall–Kier alpha value is -1.35. The van der Waals surface area contributed by atoms with Crippen molar-refractivity contribution in [2.75, 3.05) is 0 Å². The standard InChI is InChI=1S/C27H38N2O/c1-25(30)13-14-26(2)18(16-25)7-8-19-20-9-10-22(27(20,3)12-11-21(19)26)23-17-29-15-5-4-6-24(29)28-23/h4-6,15,17-22,30H,7-14,16H2,1-3H3/t18-,19?,20?,21?,22+,25+,26-,27-/m0/s1. The van der Waals surface area contributed by atoms with Crippen molar-refractivity contribution in [1.82, 2.24) is 9.38 Å². The van der Waals surface area contributed by atoms with Crippen LogP contribution in [0.4, 0.5) is 0 Å². The van der Waals surface area contributed by atoms with Gasteiger partial charge in [-0.2, -0.15) is 0 Å². The predicted molar refractivity (Wildman–Crippen MR) is 120 cm³/mol. The average molecular weight is 407 g/mol. The van der Waals surface area contributed by atoms with Crippen LogP contribution < -0.4 is 0 Å². The van der Waals surface area contributed by atoms with E-state index >= 15 is 0 Å². The van der Waals surface area contributed by atoms with E-state index in [0.717, 1.165) is 42.2 Å². The summed E-state index contributed by atoms with van der Waals surface area (Å²) in [6, 6.07) is 6.33. The minimum absolute atomic E-state index is 0.405. The van der Waals surface area contributed by atoms with Gasteiger partial charge in [-0.1, -0.05) is 19.9 Å². The summed E-state index contributed by atoms with van der Waals surface area (Å²) in [6.45, 7) is 7.28. The van der Waals surface area contributed by atoms with Crippen molar-refractivity contribution in [2.24, 2.45) is 34.5 Å². The van der Waals surface area contributed by atoms with E-state index in [1.54, 1.807) is 0 Å². The highest BCUT2D eigenvalue weighted by Gasteiger charge is 2.61. The van der Waals surface area contributed by atoms with Gasteiger partial charge in [0.15, 0.2) is 0 Å². The number of pyridine rings is 1. The molecule has 3 nitrogen and oxygen atoms in total. The van der Waals surface area contributed by atoms with Crippen LogP contribution in [-0.2, 0) is 0 Å². The molecule has 0 bridgehead atoms. The molecule has 4 saturated carbocycles. The van der Waals surface area contributed by atoms with Crippen molar-refractivity contribution in [3.05, 3.63) is 36.3 Å². The molecule has 3 heteroatoms. The average Bonchev–Trinajstić information content (AvgIpc) is 3.28. The van der Waals surface area contributed by atoms with Crippen LogP contribution in [0.2, 0.25) is 0 Å². The van der Waals surface area contributed by atoms with Crippen LogP contribution in [0, 0.1) is 34.5 Å². The Balaban J connectivity index is 1.30. The highest BCUT2D eigenvalue weighted by Crippen LogP contribution is 2.69. The number of rotatable bonds is 1. The summed E-state index contributed by atoms with van der Waals surface area (Å²) in [6.07, 6.45) is 15.8. The minimum Gasteiger partial charge on any atom is -0.390 e. The van der Waals surface area contributed by atoms with Gasteiger partial charge in [0.25, 0.3) is 0 Å². The third kappa shape index (κ3) is 2.63. The van der Waals surface area contributed by atoms with Gasteiger partial charge in [-0.05, 0) is 111 Å². The Morgan fingerprint density at radius 2 is 1.77 bits per heavy atom. The van der Waals surface area contributed by atoms with Gasteiger partial charge in [0.2, 0.25) is 0 Å². The Bertz CT molecular complexity index is 930. The molecule has 8 atom stereocenters. The second-order valence-electron chi connectivity index (χ2n) is 12.2. The fourth-order valence-electron chi connectivity index (χ4n) is 9.04. The molecule has 0 spiro atoms. The van der Waals surface area contributed by atoms with Gasteiger partial charge in [0, 0.05) is 18.3 Å². The minimum atomic E-state index is -0.429. The summed E-state index contributed by atoms with van der Waals surface area (Å²) in [5, 5.41) is 10.7.